The standard InChI is InChI=1S/C11H7F8N3O/c12-9(13,11(17,18)19)7-3-5(4-21-22-8(20)23)1-2-6(7)10(14,15)16/h1-4H,(H3,20,22,23). The fourth-order valence-electron chi connectivity index (χ4n) is 1.47. The van der Waals surface area contributed by atoms with Crippen LogP contribution in [0.25, 0.3) is 0 Å². The summed E-state index contributed by atoms with van der Waals surface area (Å²) in [7, 11) is 0. The average molecular weight is 349 g/mol. The molecule has 0 saturated carbocycles. The second-order valence-electron chi connectivity index (χ2n) is 4.11. The SMILES string of the molecule is NC(=O)NN=Cc1ccc(C(F)(F)F)c(C(F)(F)C(F)(F)F)c1. The highest BCUT2D eigenvalue weighted by Gasteiger charge is 2.61. The summed E-state index contributed by atoms with van der Waals surface area (Å²) in [6.07, 6.45) is -11.1. The molecule has 0 spiro atoms. The van der Waals surface area contributed by atoms with Crippen molar-refractivity contribution < 1.29 is 39.9 Å². The van der Waals surface area contributed by atoms with Crippen LogP contribution in [0.4, 0.5) is 39.9 Å². The van der Waals surface area contributed by atoms with Crippen LogP contribution in [-0.4, -0.2) is 18.4 Å². The second-order valence-corrected chi connectivity index (χ2v) is 4.11. The van der Waals surface area contributed by atoms with E-state index < -0.39 is 41.0 Å². The molecular formula is C11H7F8N3O. The second kappa shape index (κ2) is 6.01. The lowest BCUT2D eigenvalue weighted by Crippen LogP contribution is -2.35. The van der Waals surface area contributed by atoms with E-state index in [0.717, 1.165) is 0 Å². The predicted molar refractivity (Wildman–Crippen MR) is 61.7 cm³/mol. The van der Waals surface area contributed by atoms with Crippen LogP contribution in [0.2, 0.25) is 0 Å². The molecule has 1 rings (SSSR count). The van der Waals surface area contributed by atoms with E-state index in [2.05, 4.69) is 10.8 Å². The monoisotopic (exact) mass is 349 g/mol. The first-order valence-corrected chi connectivity index (χ1v) is 5.51. The molecule has 0 radical (unpaired) electrons. The van der Waals surface area contributed by atoms with Gasteiger partial charge in [0.1, 0.15) is 0 Å². The van der Waals surface area contributed by atoms with Gasteiger partial charge in [0.05, 0.1) is 11.8 Å². The Balaban J connectivity index is 3.44. The molecule has 23 heavy (non-hydrogen) atoms. The van der Waals surface area contributed by atoms with E-state index in [1.54, 1.807) is 5.43 Å². The van der Waals surface area contributed by atoms with Gasteiger partial charge >= 0.3 is 24.3 Å². The van der Waals surface area contributed by atoms with Crippen molar-refractivity contribution in [3.8, 4) is 0 Å². The van der Waals surface area contributed by atoms with Crippen LogP contribution in [0.1, 0.15) is 16.7 Å². The van der Waals surface area contributed by atoms with E-state index in [9.17, 15) is 39.9 Å². The maximum Gasteiger partial charge on any atom is 0.458 e. The number of nitrogens with zero attached hydrogens (tertiary/aromatic N) is 1. The number of amides is 2. The third-order valence-electron chi connectivity index (χ3n) is 2.43. The van der Waals surface area contributed by atoms with Gasteiger partial charge in [-0.3, -0.25) is 0 Å². The predicted octanol–water partition coefficient (Wildman–Crippen LogP) is 3.36. The summed E-state index contributed by atoms with van der Waals surface area (Å²) in [6.45, 7) is 0. The van der Waals surface area contributed by atoms with Gasteiger partial charge in [0.2, 0.25) is 0 Å². The van der Waals surface area contributed by atoms with Crippen molar-refractivity contribution in [1.29, 1.82) is 0 Å². The number of nitrogens with one attached hydrogen (secondary N) is 1. The first-order chi connectivity index (χ1) is 10.3. The smallest absolute Gasteiger partial charge is 0.350 e. The van der Waals surface area contributed by atoms with Crippen LogP contribution in [0, 0.1) is 0 Å². The van der Waals surface area contributed by atoms with Gasteiger partial charge in [-0.2, -0.15) is 40.2 Å². The molecule has 3 N–H and O–H groups in total. The number of hydrogen-bond acceptors (Lipinski definition) is 2. The molecule has 0 aliphatic rings. The quantitative estimate of drug-likeness (QED) is 0.490. The van der Waals surface area contributed by atoms with Gasteiger partial charge in [-0.1, -0.05) is 6.07 Å². The molecule has 0 fully saturated rings. The summed E-state index contributed by atoms with van der Waals surface area (Å²) in [5, 5.41) is 3.06. The van der Waals surface area contributed by atoms with E-state index in [-0.39, 0.29) is 12.1 Å². The van der Waals surface area contributed by atoms with E-state index in [1.807, 2.05) is 0 Å². The number of urea groups is 1. The van der Waals surface area contributed by atoms with Crippen molar-refractivity contribution in [2.24, 2.45) is 10.8 Å². The van der Waals surface area contributed by atoms with Crippen molar-refractivity contribution >= 4 is 12.2 Å². The van der Waals surface area contributed by atoms with Crippen molar-refractivity contribution in [2.45, 2.75) is 18.3 Å². The van der Waals surface area contributed by atoms with Crippen LogP contribution in [0.5, 0.6) is 0 Å². The molecule has 128 valence electrons. The number of hydrazone groups is 1. The third kappa shape index (κ3) is 4.29. The van der Waals surface area contributed by atoms with Crippen molar-refractivity contribution in [2.75, 3.05) is 0 Å². The van der Waals surface area contributed by atoms with Crippen LogP contribution in [-0.2, 0) is 12.1 Å². The van der Waals surface area contributed by atoms with Crippen LogP contribution < -0.4 is 11.2 Å². The number of benzene rings is 1. The van der Waals surface area contributed by atoms with Crippen LogP contribution >= 0.6 is 0 Å². The van der Waals surface area contributed by atoms with Crippen molar-refractivity contribution in [3.63, 3.8) is 0 Å². The zero-order valence-corrected chi connectivity index (χ0v) is 10.8. The molecule has 12 heteroatoms. The van der Waals surface area contributed by atoms with Crippen molar-refractivity contribution in [1.82, 2.24) is 5.43 Å². The van der Waals surface area contributed by atoms with Gasteiger partial charge in [-0.25, -0.2) is 10.2 Å². The molecule has 0 heterocycles. The number of alkyl halides is 8. The number of primary amides is 1. The van der Waals surface area contributed by atoms with E-state index in [0.29, 0.717) is 12.3 Å². The fourth-order valence-corrected chi connectivity index (χ4v) is 1.47. The van der Waals surface area contributed by atoms with Crippen LogP contribution in [0.15, 0.2) is 23.3 Å². The first-order valence-electron chi connectivity index (χ1n) is 5.51. The largest absolute Gasteiger partial charge is 0.458 e. The number of carbonyl (C=O) groups is 1. The minimum atomic E-state index is -6.23. The maximum atomic E-state index is 13.3. The summed E-state index contributed by atoms with van der Waals surface area (Å²) in [5.74, 6) is -5.74. The fraction of sp³-hybridized carbons (Fsp3) is 0.273. The zero-order valence-electron chi connectivity index (χ0n) is 10.8. The molecule has 1 aromatic carbocycles. The molecule has 1 aromatic rings. The lowest BCUT2D eigenvalue weighted by Gasteiger charge is -2.23. The molecule has 2 amide bonds. The number of halogens is 8. The Kier molecular flexibility index (Phi) is 4.87. The minimum Gasteiger partial charge on any atom is -0.350 e. The van der Waals surface area contributed by atoms with Gasteiger partial charge in [0.15, 0.2) is 0 Å². The van der Waals surface area contributed by atoms with Crippen LogP contribution in [0.3, 0.4) is 0 Å². The Morgan fingerprint density at radius 2 is 1.61 bits per heavy atom. The highest BCUT2D eigenvalue weighted by molar-refractivity contribution is 5.82. The number of carbonyl (C=O) groups excluding carboxylic acids is 1. The lowest BCUT2D eigenvalue weighted by molar-refractivity contribution is -0.291. The zero-order chi connectivity index (χ0) is 18.1. The molecule has 0 bridgehead atoms. The Bertz CT molecular complexity index is 621. The third-order valence-corrected chi connectivity index (χ3v) is 2.43. The Morgan fingerprint density at radius 1 is 1.04 bits per heavy atom. The normalized spacial score (nSPS) is 13.4. The molecule has 0 aliphatic heterocycles. The van der Waals surface area contributed by atoms with E-state index in [1.165, 1.54) is 0 Å². The minimum absolute atomic E-state index is 0.0253. The highest BCUT2D eigenvalue weighted by atomic mass is 19.4. The van der Waals surface area contributed by atoms with E-state index >= 15 is 0 Å². The molecule has 4 nitrogen and oxygen atoms in total. The van der Waals surface area contributed by atoms with Gasteiger partial charge in [-0.05, 0) is 17.7 Å². The summed E-state index contributed by atoms with van der Waals surface area (Å²) < 4.78 is 102. The number of nitrogens with two attached hydrogens (primary N) is 1. The average Bonchev–Trinajstić information content (AvgIpc) is 2.35. The molecular weight excluding hydrogens is 342 g/mol. The van der Waals surface area contributed by atoms with Crippen molar-refractivity contribution in [3.05, 3.63) is 34.9 Å². The first kappa shape index (κ1) is 18.6. The summed E-state index contributed by atoms with van der Waals surface area (Å²) in [6, 6.07) is -0.539. The van der Waals surface area contributed by atoms with Gasteiger partial charge in [-0.15, -0.1) is 0 Å². The lowest BCUT2D eigenvalue weighted by atomic mass is 9.98. The number of rotatable bonds is 3. The summed E-state index contributed by atoms with van der Waals surface area (Å²) >= 11 is 0. The maximum absolute atomic E-state index is 13.3. The Labute approximate surface area is 122 Å². The topological polar surface area (TPSA) is 67.5 Å². The molecule has 0 unspecified atom stereocenters. The summed E-state index contributed by atoms with van der Waals surface area (Å²) in [5.41, 5.74) is 1.26. The Hall–Kier alpha value is -2.40. The van der Waals surface area contributed by atoms with Gasteiger partial charge in [0, 0.05) is 5.56 Å². The number of hydrogen-bond donors (Lipinski definition) is 2. The summed E-state index contributed by atoms with van der Waals surface area (Å²) in [4.78, 5) is 10.3. The molecule has 0 aliphatic carbocycles. The highest BCUT2D eigenvalue weighted by Crippen LogP contribution is 2.48. The van der Waals surface area contributed by atoms with Gasteiger partial charge in [0.25, 0.3) is 0 Å². The van der Waals surface area contributed by atoms with Gasteiger partial charge < -0.3 is 5.73 Å². The molecule has 0 aromatic heterocycles. The Morgan fingerprint density at radius 3 is 2.04 bits per heavy atom. The molecule has 0 saturated heterocycles. The van der Waals surface area contributed by atoms with E-state index in [4.69, 9.17) is 0 Å². The molecule has 0 atom stereocenters.